The van der Waals surface area contributed by atoms with Gasteiger partial charge >= 0.3 is 11.9 Å². The van der Waals surface area contributed by atoms with Crippen LogP contribution >= 0.6 is 0 Å². The van der Waals surface area contributed by atoms with Crippen LogP contribution in [0.1, 0.15) is 17.7 Å². The number of amides is 2. The van der Waals surface area contributed by atoms with Crippen molar-refractivity contribution in [1.29, 1.82) is 0 Å². The molecule has 0 unspecified atom stereocenters. The normalized spacial score (nSPS) is 11.4. The van der Waals surface area contributed by atoms with E-state index in [-0.39, 0.29) is 12.8 Å². The first-order chi connectivity index (χ1) is 14.4. The molecule has 1 aromatic carbocycles. The fraction of sp³-hybridized carbons (Fsp3) is 0.350. The van der Waals surface area contributed by atoms with E-state index < -0.39 is 42.9 Å². The highest BCUT2D eigenvalue weighted by atomic mass is 16.5. The van der Waals surface area contributed by atoms with Gasteiger partial charge in [-0.3, -0.25) is 14.4 Å². The van der Waals surface area contributed by atoms with Crippen LogP contribution in [0, 0.1) is 0 Å². The lowest BCUT2D eigenvalue weighted by atomic mass is 10.1. The summed E-state index contributed by atoms with van der Waals surface area (Å²) in [5.41, 5.74) is 1.53. The standard InChI is InChI=1S/C20H24N4O6/c1-30-20(29)16(9-15-10-21-13-22-15)23-17(25)11-24(12-19(27)28)18(26)8-7-14-5-3-2-4-6-14/h2-6,10,13,16H,7-9,11-12H2,1H3,(H,21,22)(H,23,25)(H,27,28)/t16-/m1/s1. The maximum absolute atomic E-state index is 12.5. The monoisotopic (exact) mass is 416 g/mol. The number of methoxy groups -OCH3 is 1. The maximum atomic E-state index is 12.5. The minimum Gasteiger partial charge on any atom is -0.480 e. The second-order valence-electron chi connectivity index (χ2n) is 6.55. The summed E-state index contributed by atoms with van der Waals surface area (Å²) in [7, 11) is 1.19. The second kappa shape index (κ2) is 11.3. The average Bonchev–Trinajstić information content (AvgIpc) is 3.24. The lowest BCUT2D eigenvalue weighted by molar-refractivity contribution is -0.148. The Kier molecular flexibility index (Phi) is 8.55. The Morgan fingerprint density at radius 2 is 1.93 bits per heavy atom. The number of esters is 1. The molecule has 10 nitrogen and oxygen atoms in total. The third-order valence-electron chi connectivity index (χ3n) is 4.28. The van der Waals surface area contributed by atoms with Gasteiger partial charge in [-0.25, -0.2) is 9.78 Å². The number of hydrogen-bond acceptors (Lipinski definition) is 6. The van der Waals surface area contributed by atoms with Gasteiger partial charge in [0.15, 0.2) is 0 Å². The van der Waals surface area contributed by atoms with Crippen LogP contribution < -0.4 is 5.32 Å². The Balaban J connectivity index is 1.98. The van der Waals surface area contributed by atoms with Crippen LogP contribution in [0.2, 0.25) is 0 Å². The molecular weight excluding hydrogens is 392 g/mol. The van der Waals surface area contributed by atoms with Crippen molar-refractivity contribution in [2.24, 2.45) is 0 Å². The molecule has 0 radical (unpaired) electrons. The molecule has 0 fully saturated rings. The van der Waals surface area contributed by atoms with Gasteiger partial charge in [0.1, 0.15) is 19.1 Å². The Hall–Kier alpha value is -3.69. The van der Waals surface area contributed by atoms with E-state index in [1.54, 1.807) is 0 Å². The molecule has 0 aliphatic carbocycles. The lowest BCUT2D eigenvalue weighted by Crippen LogP contribution is -2.49. The summed E-state index contributed by atoms with van der Waals surface area (Å²) in [6.45, 7) is -1.11. The summed E-state index contributed by atoms with van der Waals surface area (Å²) in [4.78, 5) is 55.7. The van der Waals surface area contributed by atoms with Crippen LogP contribution in [0.4, 0.5) is 0 Å². The summed E-state index contributed by atoms with van der Waals surface area (Å²) in [6, 6.07) is 8.25. The molecule has 0 saturated carbocycles. The quantitative estimate of drug-likeness (QED) is 0.443. The molecule has 0 aliphatic heterocycles. The number of carboxylic acid groups (broad SMARTS) is 1. The molecule has 0 spiro atoms. The van der Waals surface area contributed by atoms with Gasteiger partial charge in [-0.15, -0.1) is 0 Å². The molecule has 2 amide bonds. The SMILES string of the molecule is COC(=O)[C@@H](Cc1cnc[nH]1)NC(=O)CN(CC(=O)O)C(=O)CCc1ccccc1. The zero-order valence-corrected chi connectivity index (χ0v) is 16.5. The fourth-order valence-electron chi connectivity index (χ4n) is 2.81. The van der Waals surface area contributed by atoms with E-state index in [0.29, 0.717) is 12.1 Å². The number of carbonyl (C=O) groups excluding carboxylic acids is 3. The second-order valence-corrected chi connectivity index (χ2v) is 6.55. The number of aromatic nitrogens is 2. The summed E-state index contributed by atoms with van der Waals surface area (Å²) < 4.78 is 4.70. The first-order valence-electron chi connectivity index (χ1n) is 9.27. The number of ether oxygens (including phenoxy) is 1. The third-order valence-corrected chi connectivity index (χ3v) is 4.28. The van der Waals surface area contributed by atoms with Crippen molar-refractivity contribution in [3.05, 3.63) is 54.1 Å². The number of rotatable bonds is 11. The molecule has 3 N–H and O–H groups in total. The van der Waals surface area contributed by atoms with E-state index in [1.165, 1.54) is 19.6 Å². The number of aliphatic carboxylic acids is 1. The Morgan fingerprint density at radius 3 is 2.53 bits per heavy atom. The van der Waals surface area contributed by atoms with Gasteiger partial charge in [0, 0.05) is 24.7 Å². The highest BCUT2D eigenvalue weighted by molar-refractivity contribution is 5.90. The number of imidazole rings is 1. The fourth-order valence-corrected chi connectivity index (χ4v) is 2.81. The largest absolute Gasteiger partial charge is 0.480 e. The molecule has 30 heavy (non-hydrogen) atoms. The molecule has 160 valence electrons. The highest BCUT2D eigenvalue weighted by Gasteiger charge is 2.25. The van der Waals surface area contributed by atoms with Crippen LogP contribution in [0.25, 0.3) is 0 Å². The molecule has 0 saturated heterocycles. The van der Waals surface area contributed by atoms with Crippen LogP contribution in [-0.4, -0.2) is 70.0 Å². The minimum atomic E-state index is -1.24. The summed E-state index contributed by atoms with van der Waals surface area (Å²) >= 11 is 0. The van der Waals surface area contributed by atoms with Gasteiger partial charge in [0.2, 0.25) is 11.8 Å². The van der Waals surface area contributed by atoms with Crippen molar-refractivity contribution >= 4 is 23.8 Å². The van der Waals surface area contributed by atoms with Gasteiger partial charge in [0.25, 0.3) is 0 Å². The summed E-state index contributed by atoms with van der Waals surface area (Å²) in [5, 5.41) is 11.6. The molecule has 10 heteroatoms. The topological polar surface area (TPSA) is 142 Å². The number of carbonyl (C=O) groups is 4. The number of aryl methyl sites for hydroxylation is 1. The van der Waals surface area contributed by atoms with Crippen molar-refractivity contribution in [2.45, 2.75) is 25.3 Å². The minimum absolute atomic E-state index is 0.0547. The predicted molar refractivity (Wildman–Crippen MR) is 105 cm³/mol. The van der Waals surface area contributed by atoms with Crippen molar-refractivity contribution < 1.29 is 29.0 Å². The van der Waals surface area contributed by atoms with Crippen LogP contribution in [-0.2, 0) is 36.8 Å². The Labute approximate surface area is 173 Å². The summed E-state index contributed by atoms with van der Waals surface area (Å²) in [5.74, 6) is -3.05. The molecule has 0 bridgehead atoms. The van der Waals surface area contributed by atoms with E-state index in [0.717, 1.165) is 10.5 Å². The molecular formula is C20H24N4O6. The van der Waals surface area contributed by atoms with Crippen LogP contribution in [0.5, 0.6) is 0 Å². The number of nitrogens with zero attached hydrogens (tertiary/aromatic N) is 2. The average molecular weight is 416 g/mol. The molecule has 1 aromatic heterocycles. The molecule has 2 rings (SSSR count). The Morgan fingerprint density at radius 1 is 1.20 bits per heavy atom. The maximum Gasteiger partial charge on any atom is 0.328 e. The predicted octanol–water partition coefficient (Wildman–Crippen LogP) is 0.156. The van der Waals surface area contributed by atoms with Crippen LogP contribution in [0.3, 0.4) is 0 Å². The van der Waals surface area contributed by atoms with Gasteiger partial charge in [0.05, 0.1) is 13.4 Å². The number of H-pyrrole nitrogens is 1. The molecule has 2 aromatic rings. The van der Waals surface area contributed by atoms with E-state index in [2.05, 4.69) is 15.3 Å². The molecule has 1 heterocycles. The lowest BCUT2D eigenvalue weighted by Gasteiger charge is -2.22. The first-order valence-corrected chi connectivity index (χ1v) is 9.27. The van der Waals surface area contributed by atoms with Crippen molar-refractivity contribution in [2.75, 3.05) is 20.2 Å². The first kappa shape index (κ1) is 22.6. The van der Waals surface area contributed by atoms with Crippen molar-refractivity contribution in [1.82, 2.24) is 20.2 Å². The Bertz CT molecular complexity index is 853. The number of hydrogen-bond donors (Lipinski definition) is 3. The van der Waals surface area contributed by atoms with Crippen molar-refractivity contribution in [3.63, 3.8) is 0 Å². The number of carboxylic acids is 1. The molecule has 0 aliphatic rings. The highest BCUT2D eigenvalue weighted by Crippen LogP contribution is 2.06. The number of aromatic amines is 1. The van der Waals surface area contributed by atoms with Gasteiger partial charge < -0.3 is 25.0 Å². The van der Waals surface area contributed by atoms with Crippen molar-refractivity contribution in [3.8, 4) is 0 Å². The zero-order chi connectivity index (χ0) is 21.9. The molecule has 1 atom stereocenters. The van der Waals surface area contributed by atoms with Gasteiger partial charge in [-0.1, -0.05) is 30.3 Å². The van der Waals surface area contributed by atoms with E-state index in [9.17, 15) is 19.2 Å². The zero-order valence-electron chi connectivity index (χ0n) is 16.5. The van der Waals surface area contributed by atoms with Crippen LogP contribution in [0.15, 0.2) is 42.9 Å². The third kappa shape index (κ3) is 7.38. The number of benzene rings is 1. The van der Waals surface area contributed by atoms with E-state index in [1.807, 2.05) is 30.3 Å². The van der Waals surface area contributed by atoms with E-state index in [4.69, 9.17) is 9.84 Å². The number of nitrogens with one attached hydrogen (secondary N) is 2. The smallest absolute Gasteiger partial charge is 0.328 e. The van der Waals surface area contributed by atoms with Gasteiger partial charge in [-0.05, 0) is 12.0 Å². The van der Waals surface area contributed by atoms with E-state index >= 15 is 0 Å². The van der Waals surface area contributed by atoms with Gasteiger partial charge in [-0.2, -0.15) is 0 Å². The summed E-state index contributed by atoms with van der Waals surface area (Å²) in [6.07, 6.45) is 3.53.